The number of amides is 1. The van der Waals surface area contributed by atoms with Gasteiger partial charge in [0.15, 0.2) is 5.82 Å². The number of benzene rings is 1. The summed E-state index contributed by atoms with van der Waals surface area (Å²) in [6.07, 6.45) is 4.25. The zero-order chi connectivity index (χ0) is 20.9. The zero-order valence-corrected chi connectivity index (χ0v) is 17.6. The highest BCUT2D eigenvalue weighted by atomic mass is 16.1. The summed E-state index contributed by atoms with van der Waals surface area (Å²) < 4.78 is 1.84. The van der Waals surface area contributed by atoms with Gasteiger partial charge in [-0.2, -0.15) is 10.1 Å². The summed E-state index contributed by atoms with van der Waals surface area (Å²) in [7, 11) is 0. The van der Waals surface area contributed by atoms with Crippen LogP contribution in [0.4, 0.5) is 5.95 Å². The minimum Gasteiger partial charge on any atom is -0.356 e. The number of aromatic nitrogens is 4. The molecule has 30 heavy (non-hydrogen) atoms. The molecular weight excluding hydrogens is 376 g/mol. The van der Waals surface area contributed by atoms with E-state index < -0.39 is 0 Å². The Morgan fingerprint density at radius 1 is 1.13 bits per heavy atom. The van der Waals surface area contributed by atoms with E-state index in [1.165, 1.54) is 5.56 Å². The van der Waals surface area contributed by atoms with E-state index >= 15 is 0 Å². The van der Waals surface area contributed by atoms with Crippen molar-refractivity contribution < 1.29 is 4.79 Å². The first kappa shape index (κ1) is 20.1. The molecule has 3 aromatic rings. The van der Waals surface area contributed by atoms with Crippen molar-refractivity contribution >= 4 is 11.9 Å². The van der Waals surface area contributed by atoms with E-state index in [1.54, 1.807) is 6.20 Å². The Labute approximate surface area is 177 Å². The molecule has 0 saturated carbocycles. The molecule has 0 bridgehead atoms. The third kappa shape index (κ3) is 4.67. The molecule has 0 radical (unpaired) electrons. The highest BCUT2D eigenvalue weighted by molar-refractivity contribution is 5.78. The molecule has 3 heterocycles. The molecule has 2 aromatic heterocycles. The van der Waals surface area contributed by atoms with Crippen molar-refractivity contribution in [2.24, 2.45) is 5.92 Å². The van der Waals surface area contributed by atoms with Crippen molar-refractivity contribution in [2.75, 3.05) is 24.5 Å². The Morgan fingerprint density at radius 2 is 1.90 bits per heavy atom. The second kappa shape index (κ2) is 9.07. The summed E-state index contributed by atoms with van der Waals surface area (Å²) in [6.45, 7) is 6.22. The van der Waals surface area contributed by atoms with E-state index in [-0.39, 0.29) is 11.8 Å². The molecule has 1 aromatic carbocycles. The molecule has 156 valence electrons. The van der Waals surface area contributed by atoms with Crippen molar-refractivity contribution in [3.8, 4) is 5.82 Å². The first-order chi connectivity index (χ1) is 14.6. The van der Waals surface area contributed by atoms with Crippen LogP contribution in [0.5, 0.6) is 0 Å². The molecule has 1 amide bonds. The van der Waals surface area contributed by atoms with Gasteiger partial charge in [-0.05, 0) is 44.7 Å². The summed E-state index contributed by atoms with van der Waals surface area (Å²) >= 11 is 0. The molecule has 7 heteroatoms. The van der Waals surface area contributed by atoms with E-state index in [4.69, 9.17) is 4.98 Å². The van der Waals surface area contributed by atoms with Gasteiger partial charge in [-0.15, -0.1) is 0 Å². The SMILES string of the molecule is Cc1cc(C)n(-c2ccnc(N3CCC(C(=O)NCCc4ccccc4)CC3)n2)n1. The molecule has 0 unspecified atom stereocenters. The molecule has 0 aliphatic carbocycles. The fourth-order valence-electron chi connectivity index (χ4n) is 3.93. The van der Waals surface area contributed by atoms with Crippen LogP contribution in [-0.2, 0) is 11.2 Å². The Bertz CT molecular complexity index is 992. The predicted molar refractivity (Wildman–Crippen MR) is 117 cm³/mol. The van der Waals surface area contributed by atoms with Crippen molar-refractivity contribution in [3.05, 3.63) is 65.6 Å². The number of carbonyl (C=O) groups is 1. The molecular formula is C23H28N6O. The number of anilines is 1. The van der Waals surface area contributed by atoms with Gasteiger partial charge in [-0.1, -0.05) is 30.3 Å². The zero-order valence-electron chi connectivity index (χ0n) is 17.6. The Balaban J connectivity index is 1.30. The smallest absolute Gasteiger partial charge is 0.227 e. The second-order valence-corrected chi connectivity index (χ2v) is 7.84. The van der Waals surface area contributed by atoms with E-state index in [0.29, 0.717) is 12.5 Å². The molecule has 1 aliphatic rings. The Kier molecular flexibility index (Phi) is 6.07. The molecule has 4 rings (SSSR count). The Morgan fingerprint density at radius 3 is 2.60 bits per heavy atom. The van der Waals surface area contributed by atoms with Gasteiger partial charge in [0.2, 0.25) is 11.9 Å². The van der Waals surface area contributed by atoms with Crippen LogP contribution in [0.25, 0.3) is 5.82 Å². The molecule has 1 saturated heterocycles. The predicted octanol–water partition coefficient (Wildman–Crippen LogP) is 2.85. The van der Waals surface area contributed by atoms with E-state index in [1.807, 2.05) is 48.9 Å². The van der Waals surface area contributed by atoms with Crippen LogP contribution in [0.15, 0.2) is 48.7 Å². The number of aryl methyl sites for hydroxylation is 2. The maximum absolute atomic E-state index is 12.5. The van der Waals surface area contributed by atoms with Gasteiger partial charge in [-0.25, -0.2) is 9.67 Å². The topological polar surface area (TPSA) is 75.9 Å². The standard InChI is InChI=1S/C23H28N6O/c1-17-16-18(2)29(27-17)21-9-13-25-23(26-21)28-14-10-20(11-15-28)22(30)24-12-8-19-6-4-3-5-7-19/h3-7,9,13,16,20H,8,10-12,14-15H2,1-2H3,(H,24,30). The quantitative estimate of drug-likeness (QED) is 0.684. The molecule has 1 fully saturated rings. The normalized spacial score (nSPS) is 14.7. The lowest BCUT2D eigenvalue weighted by molar-refractivity contribution is -0.125. The molecule has 0 atom stereocenters. The monoisotopic (exact) mass is 404 g/mol. The third-order valence-electron chi connectivity index (χ3n) is 5.56. The minimum atomic E-state index is 0.0521. The summed E-state index contributed by atoms with van der Waals surface area (Å²) in [5.74, 6) is 1.67. The van der Waals surface area contributed by atoms with Crippen LogP contribution >= 0.6 is 0 Å². The third-order valence-corrected chi connectivity index (χ3v) is 5.56. The van der Waals surface area contributed by atoms with Crippen molar-refractivity contribution in [2.45, 2.75) is 33.1 Å². The number of piperidine rings is 1. The van der Waals surface area contributed by atoms with Gasteiger partial charge in [-0.3, -0.25) is 4.79 Å². The lowest BCUT2D eigenvalue weighted by atomic mass is 9.96. The summed E-state index contributed by atoms with van der Waals surface area (Å²) in [4.78, 5) is 23.9. The molecule has 1 N–H and O–H groups in total. The van der Waals surface area contributed by atoms with E-state index in [9.17, 15) is 4.79 Å². The maximum Gasteiger partial charge on any atom is 0.227 e. The number of rotatable bonds is 6. The van der Waals surface area contributed by atoms with Crippen molar-refractivity contribution in [3.63, 3.8) is 0 Å². The molecule has 1 aliphatic heterocycles. The van der Waals surface area contributed by atoms with Crippen LogP contribution in [0, 0.1) is 19.8 Å². The van der Waals surface area contributed by atoms with Crippen LogP contribution in [0.3, 0.4) is 0 Å². The second-order valence-electron chi connectivity index (χ2n) is 7.84. The fraction of sp³-hybridized carbons (Fsp3) is 0.391. The van der Waals surface area contributed by atoms with Gasteiger partial charge in [0.25, 0.3) is 0 Å². The maximum atomic E-state index is 12.5. The van der Waals surface area contributed by atoms with E-state index in [0.717, 1.165) is 49.6 Å². The van der Waals surface area contributed by atoms with Gasteiger partial charge < -0.3 is 10.2 Å². The van der Waals surface area contributed by atoms with Gasteiger partial charge in [0.1, 0.15) is 0 Å². The van der Waals surface area contributed by atoms with E-state index in [2.05, 4.69) is 32.4 Å². The van der Waals surface area contributed by atoms with Crippen LogP contribution in [0.1, 0.15) is 29.8 Å². The number of hydrogen-bond acceptors (Lipinski definition) is 5. The van der Waals surface area contributed by atoms with Crippen molar-refractivity contribution in [1.29, 1.82) is 0 Å². The summed E-state index contributed by atoms with van der Waals surface area (Å²) in [5.41, 5.74) is 3.25. The number of hydrogen-bond donors (Lipinski definition) is 1. The number of nitrogens with one attached hydrogen (secondary N) is 1. The average Bonchev–Trinajstić information content (AvgIpc) is 3.12. The first-order valence-electron chi connectivity index (χ1n) is 10.5. The largest absolute Gasteiger partial charge is 0.356 e. The lowest BCUT2D eigenvalue weighted by Crippen LogP contribution is -2.41. The molecule has 0 spiro atoms. The van der Waals surface area contributed by atoms with Crippen molar-refractivity contribution in [1.82, 2.24) is 25.1 Å². The molecule has 7 nitrogen and oxygen atoms in total. The number of carbonyl (C=O) groups excluding carboxylic acids is 1. The number of nitrogens with zero attached hydrogens (tertiary/aromatic N) is 5. The highest BCUT2D eigenvalue weighted by Crippen LogP contribution is 2.21. The van der Waals surface area contributed by atoms with Gasteiger partial charge in [0, 0.05) is 43.5 Å². The summed E-state index contributed by atoms with van der Waals surface area (Å²) in [5, 5.41) is 7.60. The highest BCUT2D eigenvalue weighted by Gasteiger charge is 2.26. The summed E-state index contributed by atoms with van der Waals surface area (Å²) in [6, 6.07) is 14.1. The van der Waals surface area contributed by atoms with Gasteiger partial charge >= 0.3 is 0 Å². The average molecular weight is 405 g/mol. The Hall–Kier alpha value is -3.22. The lowest BCUT2D eigenvalue weighted by Gasteiger charge is -2.31. The van der Waals surface area contributed by atoms with Gasteiger partial charge in [0.05, 0.1) is 5.69 Å². The first-order valence-corrected chi connectivity index (χ1v) is 10.5. The fourth-order valence-corrected chi connectivity index (χ4v) is 3.93. The van der Waals surface area contributed by atoms with Crippen LogP contribution in [0.2, 0.25) is 0 Å². The van der Waals surface area contributed by atoms with Crippen LogP contribution in [-0.4, -0.2) is 45.3 Å². The van der Waals surface area contributed by atoms with Crippen LogP contribution < -0.4 is 10.2 Å². The minimum absolute atomic E-state index is 0.0521.